The van der Waals surface area contributed by atoms with E-state index >= 15 is 0 Å². The average Bonchev–Trinajstić information content (AvgIpc) is 3.14. The third kappa shape index (κ3) is 2.61. The Hall–Kier alpha value is -2.18. The highest BCUT2D eigenvalue weighted by molar-refractivity contribution is 8.00. The minimum absolute atomic E-state index is 0.0487. The molecule has 0 N–H and O–H groups in total. The first-order chi connectivity index (χ1) is 11.6. The number of carbonyl (C=O) groups excluding carboxylic acids is 1. The van der Waals surface area contributed by atoms with Crippen molar-refractivity contribution in [2.75, 3.05) is 5.75 Å². The quantitative estimate of drug-likeness (QED) is 0.396. The third-order valence-corrected chi connectivity index (χ3v) is 6.19. The maximum atomic E-state index is 12.5. The van der Waals surface area contributed by atoms with Gasteiger partial charge in [0.1, 0.15) is 16.2 Å². The number of benzene rings is 1. The van der Waals surface area contributed by atoms with Crippen LogP contribution in [-0.4, -0.2) is 26.2 Å². The lowest BCUT2D eigenvalue weighted by atomic mass is 10.2. The van der Waals surface area contributed by atoms with Gasteiger partial charge in [0.25, 0.3) is 0 Å². The topological polar surface area (TPSA) is 47.8 Å². The first kappa shape index (κ1) is 15.4. The molecule has 4 rings (SSSR count). The summed E-state index contributed by atoms with van der Waals surface area (Å²) in [5, 5.41) is 4.11. The molecule has 3 heterocycles. The normalized spacial score (nSPS) is 11.4. The van der Waals surface area contributed by atoms with E-state index in [-0.39, 0.29) is 5.91 Å². The van der Waals surface area contributed by atoms with Crippen molar-refractivity contribution in [1.82, 2.24) is 14.5 Å². The Bertz CT molecular complexity index is 1030. The molecule has 4 aromatic rings. The molecule has 0 amide bonds. The number of thiophene rings is 1. The first-order valence-electron chi connectivity index (χ1n) is 7.57. The molecule has 0 bridgehead atoms. The van der Waals surface area contributed by atoms with Gasteiger partial charge in [-0.1, -0.05) is 36.0 Å². The van der Waals surface area contributed by atoms with Gasteiger partial charge in [0.2, 0.25) is 5.91 Å². The molecule has 0 fully saturated rings. The molecule has 0 saturated heterocycles. The molecule has 1 aromatic carbocycles. The van der Waals surface area contributed by atoms with Crippen molar-refractivity contribution in [3.8, 4) is 0 Å². The second-order valence-electron chi connectivity index (χ2n) is 5.62. The zero-order valence-electron chi connectivity index (χ0n) is 13.3. The second kappa shape index (κ2) is 6.03. The van der Waals surface area contributed by atoms with Crippen LogP contribution < -0.4 is 0 Å². The molecule has 0 aliphatic carbocycles. The van der Waals surface area contributed by atoms with Crippen molar-refractivity contribution in [3.63, 3.8) is 0 Å². The van der Waals surface area contributed by atoms with Crippen LogP contribution in [-0.2, 0) is 0 Å². The van der Waals surface area contributed by atoms with Gasteiger partial charge in [-0.3, -0.25) is 9.36 Å². The van der Waals surface area contributed by atoms with Gasteiger partial charge in [0.15, 0.2) is 0 Å². The van der Waals surface area contributed by atoms with Crippen LogP contribution in [0, 0.1) is 13.8 Å². The zero-order valence-corrected chi connectivity index (χ0v) is 14.9. The van der Waals surface area contributed by atoms with Crippen LogP contribution in [0.3, 0.4) is 0 Å². The monoisotopic (exact) mass is 353 g/mol. The van der Waals surface area contributed by atoms with E-state index in [0.717, 1.165) is 26.0 Å². The van der Waals surface area contributed by atoms with Crippen LogP contribution in [0.5, 0.6) is 0 Å². The van der Waals surface area contributed by atoms with Gasteiger partial charge in [-0.05, 0) is 30.2 Å². The maximum Gasteiger partial charge on any atom is 0.241 e. The largest absolute Gasteiger partial charge is 0.293 e. The van der Waals surface area contributed by atoms with Crippen LogP contribution in [0.2, 0.25) is 0 Å². The fraction of sp³-hybridized carbons (Fsp3) is 0.167. The summed E-state index contributed by atoms with van der Waals surface area (Å²) in [4.78, 5) is 23.5. The fourth-order valence-electron chi connectivity index (χ4n) is 2.69. The molecular formula is C18H15N3OS2. The Morgan fingerprint density at radius 1 is 1.17 bits per heavy atom. The van der Waals surface area contributed by atoms with Gasteiger partial charge in [0, 0.05) is 22.7 Å². The molecular weight excluding hydrogens is 338 g/mol. The Kier molecular flexibility index (Phi) is 3.86. The fourth-order valence-corrected chi connectivity index (χ4v) is 4.68. The lowest BCUT2D eigenvalue weighted by Crippen LogP contribution is -2.10. The minimum atomic E-state index is 0.0487. The van der Waals surface area contributed by atoms with E-state index < -0.39 is 0 Å². The number of rotatable bonds is 3. The molecule has 0 radical (unpaired) electrons. The molecule has 3 aromatic heterocycles. The molecule has 4 nitrogen and oxygen atoms in total. The number of fused-ring (bicyclic) bond motifs is 2. The van der Waals surface area contributed by atoms with Crippen molar-refractivity contribution in [3.05, 3.63) is 53.4 Å². The van der Waals surface area contributed by atoms with E-state index in [9.17, 15) is 4.79 Å². The van der Waals surface area contributed by atoms with Gasteiger partial charge in [-0.2, -0.15) is 0 Å². The summed E-state index contributed by atoms with van der Waals surface area (Å²) in [5.74, 6) is 0.397. The molecule has 0 atom stereocenters. The predicted octanol–water partition coefficient (Wildman–Crippen LogP) is 4.70. The number of thioether (sulfide) groups is 1. The lowest BCUT2D eigenvalue weighted by molar-refractivity contribution is 0.0942. The van der Waals surface area contributed by atoms with E-state index in [0.29, 0.717) is 5.75 Å². The molecule has 6 heteroatoms. The number of hydrogen-bond donors (Lipinski definition) is 0. The summed E-state index contributed by atoms with van der Waals surface area (Å²) in [6, 6.07) is 7.98. The molecule has 0 unspecified atom stereocenters. The van der Waals surface area contributed by atoms with E-state index in [1.165, 1.54) is 22.2 Å². The molecule has 0 aliphatic rings. The van der Waals surface area contributed by atoms with Crippen molar-refractivity contribution in [2.45, 2.75) is 18.9 Å². The summed E-state index contributed by atoms with van der Waals surface area (Å²) in [7, 11) is 0. The van der Waals surface area contributed by atoms with Crippen molar-refractivity contribution >= 4 is 50.0 Å². The highest BCUT2D eigenvalue weighted by Crippen LogP contribution is 2.34. The van der Waals surface area contributed by atoms with Gasteiger partial charge in [0.05, 0.1) is 5.75 Å². The van der Waals surface area contributed by atoms with Crippen molar-refractivity contribution in [1.29, 1.82) is 0 Å². The summed E-state index contributed by atoms with van der Waals surface area (Å²) in [6.45, 7) is 4.18. The smallest absolute Gasteiger partial charge is 0.241 e. The van der Waals surface area contributed by atoms with Crippen LogP contribution in [0.1, 0.15) is 15.2 Å². The highest BCUT2D eigenvalue weighted by atomic mass is 32.2. The van der Waals surface area contributed by atoms with Crippen LogP contribution >= 0.6 is 23.1 Å². The molecule has 0 saturated carbocycles. The van der Waals surface area contributed by atoms with Gasteiger partial charge >= 0.3 is 0 Å². The number of nitrogens with zero attached hydrogens (tertiary/aromatic N) is 3. The minimum Gasteiger partial charge on any atom is -0.293 e. The standard InChI is InChI=1S/C18H15N3OS2/c1-11-12(2)24-18-16(11)17(19-10-20-18)23-9-15(22)21-7-13-5-3-4-6-14(13)8-21/h3-8,10H,9H2,1-2H3. The highest BCUT2D eigenvalue weighted by Gasteiger charge is 2.14. The average molecular weight is 353 g/mol. The SMILES string of the molecule is Cc1sc2ncnc(SCC(=O)n3cc4ccccc4c3)c2c1C. The number of hydrogen-bond acceptors (Lipinski definition) is 5. The Morgan fingerprint density at radius 3 is 2.58 bits per heavy atom. The Morgan fingerprint density at radius 2 is 1.88 bits per heavy atom. The van der Waals surface area contributed by atoms with E-state index in [1.807, 2.05) is 36.7 Å². The molecule has 0 spiro atoms. The lowest BCUT2D eigenvalue weighted by Gasteiger charge is -2.03. The second-order valence-corrected chi connectivity index (χ2v) is 7.79. The summed E-state index contributed by atoms with van der Waals surface area (Å²) < 4.78 is 1.67. The number of aromatic nitrogens is 3. The summed E-state index contributed by atoms with van der Waals surface area (Å²) >= 11 is 3.15. The van der Waals surface area contributed by atoms with E-state index in [4.69, 9.17) is 0 Å². The van der Waals surface area contributed by atoms with Crippen molar-refractivity contribution in [2.24, 2.45) is 0 Å². The molecule has 24 heavy (non-hydrogen) atoms. The van der Waals surface area contributed by atoms with Crippen molar-refractivity contribution < 1.29 is 4.79 Å². The Balaban J connectivity index is 1.59. The Labute approximate surface area is 147 Å². The first-order valence-corrected chi connectivity index (χ1v) is 9.37. The molecule has 0 aliphatic heterocycles. The van der Waals surface area contributed by atoms with E-state index in [1.54, 1.807) is 22.2 Å². The number of carbonyl (C=O) groups is 1. The molecule has 120 valence electrons. The number of aryl methyl sites for hydroxylation is 2. The van der Waals surface area contributed by atoms with Crippen LogP contribution in [0.4, 0.5) is 0 Å². The predicted molar refractivity (Wildman–Crippen MR) is 100 cm³/mol. The third-order valence-electron chi connectivity index (χ3n) is 4.10. The van der Waals surface area contributed by atoms with Gasteiger partial charge in [-0.25, -0.2) is 9.97 Å². The zero-order chi connectivity index (χ0) is 16.7. The van der Waals surface area contributed by atoms with E-state index in [2.05, 4.69) is 23.8 Å². The maximum absolute atomic E-state index is 12.5. The summed E-state index contributed by atoms with van der Waals surface area (Å²) in [5.41, 5.74) is 1.21. The van der Waals surface area contributed by atoms with Gasteiger partial charge in [-0.15, -0.1) is 11.3 Å². The van der Waals surface area contributed by atoms with Crippen LogP contribution in [0.25, 0.3) is 21.0 Å². The summed E-state index contributed by atoms with van der Waals surface area (Å²) in [6.07, 6.45) is 5.34. The van der Waals surface area contributed by atoms with Crippen LogP contribution in [0.15, 0.2) is 48.0 Å². The van der Waals surface area contributed by atoms with Gasteiger partial charge < -0.3 is 0 Å².